The first kappa shape index (κ1) is 13.8. The van der Waals surface area contributed by atoms with Crippen molar-refractivity contribution in [2.45, 2.75) is 61.3 Å². The molecule has 0 aliphatic heterocycles. The van der Waals surface area contributed by atoms with Gasteiger partial charge in [0.05, 0.1) is 0 Å². The third-order valence-corrected chi connectivity index (χ3v) is 3.87. The SMILES string of the molecule is CC1C=CC(CC(C)(C)C)CC1C(C)(C)C. The second-order valence-corrected chi connectivity index (χ2v) is 7.98. The predicted octanol–water partition coefficient (Wildman–Crippen LogP) is 5.30. The van der Waals surface area contributed by atoms with E-state index < -0.39 is 0 Å². The molecule has 1 aliphatic rings. The van der Waals surface area contributed by atoms with E-state index >= 15 is 0 Å². The lowest BCUT2D eigenvalue weighted by Gasteiger charge is -2.40. The molecular formula is C16H30. The van der Waals surface area contributed by atoms with Crippen LogP contribution in [0.5, 0.6) is 0 Å². The lowest BCUT2D eigenvalue weighted by atomic mass is 9.65. The molecular weight excluding hydrogens is 192 g/mol. The van der Waals surface area contributed by atoms with Gasteiger partial charge in [-0.3, -0.25) is 0 Å². The monoisotopic (exact) mass is 222 g/mol. The maximum Gasteiger partial charge on any atom is -0.0225 e. The Morgan fingerprint density at radius 2 is 1.56 bits per heavy atom. The van der Waals surface area contributed by atoms with Crippen LogP contribution in [0.1, 0.15) is 61.3 Å². The zero-order valence-corrected chi connectivity index (χ0v) is 12.3. The maximum absolute atomic E-state index is 2.47. The molecule has 94 valence electrons. The van der Waals surface area contributed by atoms with Crippen molar-refractivity contribution in [3.05, 3.63) is 12.2 Å². The number of hydrogen-bond acceptors (Lipinski definition) is 0. The van der Waals surface area contributed by atoms with Gasteiger partial charge in [0.25, 0.3) is 0 Å². The van der Waals surface area contributed by atoms with Crippen molar-refractivity contribution in [2.24, 2.45) is 28.6 Å². The molecule has 16 heavy (non-hydrogen) atoms. The fourth-order valence-corrected chi connectivity index (χ4v) is 3.17. The zero-order valence-electron chi connectivity index (χ0n) is 12.3. The second kappa shape index (κ2) is 4.55. The lowest BCUT2D eigenvalue weighted by Crippen LogP contribution is -2.31. The minimum atomic E-state index is 0.445. The van der Waals surface area contributed by atoms with Crippen LogP contribution >= 0.6 is 0 Å². The van der Waals surface area contributed by atoms with Crippen LogP contribution in [0.2, 0.25) is 0 Å². The number of hydrogen-bond donors (Lipinski definition) is 0. The second-order valence-electron chi connectivity index (χ2n) is 7.98. The first-order chi connectivity index (χ1) is 7.09. The first-order valence-electron chi connectivity index (χ1n) is 6.78. The molecule has 0 N–H and O–H groups in total. The topological polar surface area (TPSA) is 0 Å². The van der Waals surface area contributed by atoms with Crippen molar-refractivity contribution in [1.29, 1.82) is 0 Å². The Hall–Kier alpha value is -0.260. The highest BCUT2D eigenvalue weighted by atomic mass is 14.4. The van der Waals surface area contributed by atoms with Crippen LogP contribution in [0.25, 0.3) is 0 Å². The van der Waals surface area contributed by atoms with Crippen molar-refractivity contribution >= 4 is 0 Å². The molecule has 1 rings (SSSR count). The van der Waals surface area contributed by atoms with Gasteiger partial charge in [-0.2, -0.15) is 0 Å². The molecule has 3 unspecified atom stereocenters. The largest absolute Gasteiger partial charge is 0.0851 e. The lowest BCUT2D eigenvalue weighted by molar-refractivity contribution is 0.140. The molecule has 0 nitrogen and oxygen atoms in total. The highest BCUT2D eigenvalue weighted by Gasteiger charge is 2.33. The maximum atomic E-state index is 2.47. The fraction of sp³-hybridized carbons (Fsp3) is 0.875. The summed E-state index contributed by atoms with van der Waals surface area (Å²) >= 11 is 0. The highest BCUT2D eigenvalue weighted by Crippen LogP contribution is 2.43. The quantitative estimate of drug-likeness (QED) is 0.528. The van der Waals surface area contributed by atoms with Gasteiger partial charge in [0.1, 0.15) is 0 Å². The summed E-state index contributed by atoms with van der Waals surface area (Å²) in [6.45, 7) is 16.6. The van der Waals surface area contributed by atoms with Gasteiger partial charge in [-0.25, -0.2) is 0 Å². The van der Waals surface area contributed by atoms with E-state index in [1.165, 1.54) is 12.8 Å². The Labute approximate surface area is 103 Å². The Balaban J connectivity index is 2.71. The number of rotatable bonds is 1. The standard InChI is InChI=1S/C16H30/c1-12-8-9-13(11-15(2,3)4)10-14(12)16(5,6)7/h8-9,12-14H,10-11H2,1-7H3. The third kappa shape index (κ3) is 3.96. The molecule has 0 bridgehead atoms. The molecule has 0 saturated carbocycles. The van der Waals surface area contributed by atoms with Gasteiger partial charge in [-0.1, -0.05) is 60.6 Å². The van der Waals surface area contributed by atoms with Crippen molar-refractivity contribution in [3.8, 4) is 0 Å². The van der Waals surface area contributed by atoms with E-state index in [4.69, 9.17) is 0 Å². The molecule has 0 spiro atoms. The fourth-order valence-electron chi connectivity index (χ4n) is 3.17. The third-order valence-electron chi connectivity index (χ3n) is 3.87. The summed E-state index contributed by atoms with van der Waals surface area (Å²) in [7, 11) is 0. The minimum Gasteiger partial charge on any atom is -0.0851 e. The van der Waals surface area contributed by atoms with E-state index in [0.29, 0.717) is 10.8 Å². The average Bonchev–Trinajstić information content (AvgIpc) is 2.04. The van der Waals surface area contributed by atoms with E-state index in [1.54, 1.807) is 0 Å². The minimum absolute atomic E-state index is 0.445. The van der Waals surface area contributed by atoms with Crippen LogP contribution in [0, 0.1) is 28.6 Å². The molecule has 0 aromatic rings. The van der Waals surface area contributed by atoms with Crippen LogP contribution < -0.4 is 0 Å². The van der Waals surface area contributed by atoms with E-state index in [2.05, 4.69) is 60.6 Å². The average molecular weight is 222 g/mol. The van der Waals surface area contributed by atoms with Crippen molar-refractivity contribution in [2.75, 3.05) is 0 Å². The summed E-state index contributed by atoms with van der Waals surface area (Å²) in [4.78, 5) is 0. The van der Waals surface area contributed by atoms with Gasteiger partial charge < -0.3 is 0 Å². The summed E-state index contributed by atoms with van der Waals surface area (Å²) in [6, 6.07) is 0. The first-order valence-corrected chi connectivity index (χ1v) is 6.78. The van der Waals surface area contributed by atoms with Crippen molar-refractivity contribution in [3.63, 3.8) is 0 Å². The molecule has 0 radical (unpaired) electrons. The van der Waals surface area contributed by atoms with Crippen molar-refractivity contribution in [1.82, 2.24) is 0 Å². The summed E-state index contributed by atoms with van der Waals surface area (Å²) in [5.41, 5.74) is 0.901. The van der Waals surface area contributed by atoms with Crippen molar-refractivity contribution < 1.29 is 0 Å². The highest BCUT2D eigenvalue weighted by molar-refractivity contribution is 5.03. The molecule has 0 amide bonds. The summed E-state index contributed by atoms with van der Waals surface area (Å²) in [5.74, 6) is 2.38. The molecule has 3 atom stereocenters. The van der Waals surface area contributed by atoms with Gasteiger partial charge in [0.2, 0.25) is 0 Å². The van der Waals surface area contributed by atoms with Crippen LogP contribution in [-0.2, 0) is 0 Å². The van der Waals surface area contributed by atoms with Gasteiger partial charge in [-0.15, -0.1) is 0 Å². The van der Waals surface area contributed by atoms with Gasteiger partial charge >= 0.3 is 0 Å². The molecule has 0 heterocycles. The van der Waals surface area contributed by atoms with E-state index in [1.807, 2.05) is 0 Å². The van der Waals surface area contributed by atoms with Gasteiger partial charge in [0.15, 0.2) is 0 Å². The molecule has 1 aliphatic carbocycles. The summed E-state index contributed by atoms with van der Waals surface area (Å²) in [6.07, 6.45) is 7.62. The zero-order chi connectivity index (χ0) is 12.6. The Morgan fingerprint density at radius 1 is 1.00 bits per heavy atom. The summed E-state index contributed by atoms with van der Waals surface area (Å²) < 4.78 is 0. The van der Waals surface area contributed by atoms with E-state index in [0.717, 1.165) is 17.8 Å². The molecule has 0 fully saturated rings. The Kier molecular flexibility index (Phi) is 3.92. The normalized spacial score (nSPS) is 31.8. The molecule has 0 aromatic carbocycles. The van der Waals surface area contributed by atoms with Crippen LogP contribution in [0.4, 0.5) is 0 Å². The predicted molar refractivity (Wildman–Crippen MR) is 73.4 cm³/mol. The van der Waals surface area contributed by atoms with E-state index in [-0.39, 0.29) is 0 Å². The van der Waals surface area contributed by atoms with Gasteiger partial charge in [0, 0.05) is 0 Å². The summed E-state index contributed by atoms with van der Waals surface area (Å²) in [5, 5.41) is 0. The van der Waals surface area contributed by atoms with Gasteiger partial charge in [-0.05, 0) is 41.4 Å². The van der Waals surface area contributed by atoms with Crippen LogP contribution in [0.3, 0.4) is 0 Å². The number of allylic oxidation sites excluding steroid dienone is 2. The Bertz CT molecular complexity index is 246. The molecule has 0 saturated heterocycles. The smallest absolute Gasteiger partial charge is 0.0225 e. The van der Waals surface area contributed by atoms with E-state index in [9.17, 15) is 0 Å². The van der Waals surface area contributed by atoms with Crippen LogP contribution in [0.15, 0.2) is 12.2 Å². The molecule has 0 heteroatoms. The van der Waals surface area contributed by atoms with Crippen LogP contribution in [-0.4, -0.2) is 0 Å². The molecule has 0 aromatic heterocycles. The Morgan fingerprint density at radius 3 is 2.00 bits per heavy atom.